The Morgan fingerprint density at radius 3 is 2.86 bits per heavy atom. The first-order valence-corrected chi connectivity index (χ1v) is 9.87. The first kappa shape index (κ1) is 19.5. The van der Waals surface area contributed by atoms with Gasteiger partial charge in [0.1, 0.15) is 30.7 Å². The van der Waals surface area contributed by atoms with Crippen LogP contribution >= 0.6 is 0 Å². The summed E-state index contributed by atoms with van der Waals surface area (Å²) in [6.45, 7) is 4.48. The average Bonchev–Trinajstić information content (AvgIpc) is 3.08. The molecule has 0 bridgehead atoms. The average molecular weight is 398 g/mol. The number of ether oxygens (including phenoxy) is 1. The number of nitrogens with two attached hydrogens (primary N) is 1. The highest BCUT2D eigenvalue weighted by molar-refractivity contribution is 6.06. The number of fused-ring (bicyclic) bond motifs is 1. The van der Waals surface area contributed by atoms with Gasteiger partial charge in [0, 0.05) is 31.0 Å². The summed E-state index contributed by atoms with van der Waals surface area (Å²) in [5.74, 6) is -0.0785. The molecule has 0 saturated carbocycles. The molecule has 3 heterocycles. The molecule has 152 valence electrons. The largest absolute Gasteiger partial charge is 0.381 e. The van der Waals surface area contributed by atoms with Crippen molar-refractivity contribution in [1.82, 2.24) is 9.58 Å². The van der Waals surface area contributed by atoms with Gasteiger partial charge in [-0.3, -0.25) is 4.79 Å². The summed E-state index contributed by atoms with van der Waals surface area (Å²) < 4.78 is 19.3. The Morgan fingerprint density at radius 1 is 1.38 bits per heavy atom. The number of primary amides is 1. The number of nitrogens with zero attached hydrogens (tertiary/aromatic N) is 3. The van der Waals surface area contributed by atoms with Crippen molar-refractivity contribution in [2.45, 2.75) is 32.4 Å². The lowest BCUT2D eigenvalue weighted by molar-refractivity contribution is 0.0904. The number of rotatable bonds is 6. The first-order chi connectivity index (χ1) is 14.0. The molecule has 2 aliphatic rings. The second-order valence-electron chi connectivity index (χ2n) is 7.45. The number of aromatic nitrogens is 1. The standard InChI is InChI=1S/C21H24FN5O2/c1-2-27(13-14-4-3-5-15(22)10-14)21-18(12-25-27)19(17(11-24-21)20(23)28)26-16-6-8-29-9-7-16/h3-5,10-12,16H,2,6-9,13H2,1H3,(H2-,23,24,25,26,28)/p+1. The molecule has 1 saturated heterocycles. The van der Waals surface area contributed by atoms with Crippen molar-refractivity contribution < 1.29 is 13.9 Å². The molecule has 0 aliphatic carbocycles. The fourth-order valence-corrected chi connectivity index (χ4v) is 3.98. The molecule has 1 fully saturated rings. The van der Waals surface area contributed by atoms with Gasteiger partial charge in [-0.15, -0.1) is 4.59 Å². The van der Waals surface area contributed by atoms with Crippen LogP contribution < -0.4 is 15.6 Å². The number of benzene rings is 1. The van der Waals surface area contributed by atoms with Crippen molar-refractivity contribution in [1.29, 1.82) is 0 Å². The molecule has 1 aromatic heterocycles. The van der Waals surface area contributed by atoms with Gasteiger partial charge in [-0.05, 0) is 31.9 Å². The van der Waals surface area contributed by atoms with Crippen LogP contribution in [0.25, 0.3) is 0 Å². The maximum atomic E-state index is 13.7. The fraction of sp³-hybridized carbons (Fsp3) is 0.381. The maximum Gasteiger partial charge on any atom is 0.265 e. The molecule has 1 aromatic carbocycles. The summed E-state index contributed by atoms with van der Waals surface area (Å²) in [5.41, 5.74) is 8.24. The number of hydrogen-bond acceptors (Lipinski definition) is 5. The van der Waals surface area contributed by atoms with Crippen LogP contribution in [0, 0.1) is 5.82 Å². The molecule has 0 spiro atoms. The van der Waals surface area contributed by atoms with Gasteiger partial charge in [0.05, 0.1) is 11.3 Å². The molecular formula is C21H25FN5O2+. The lowest BCUT2D eigenvalue weighted by Crippen LogP contribution is -2.42. The molecule has 0 radical (unpaired) electrons. The number of nitrogens with one attached hydrogen (secondary N) is 1. The number of anilines is 1. The predicted octanol–water partition coefficient (Wildman–Crippen LogP) is 2.79. The van der Waals surface area contributed by atoms with Crippen molar-refractivity contribution in [2.24, 2.45) is 10.8 Å². The molecule has 3 N–H and O–H groups in total. The Labute approximate surface area is 169 Å². The third-order valence-corrected chi connectivity index (χ3v) is 5.59. The molecule has 2 aromatic rings. The minimum Gasteiger partial charge on any atom is -0.381 e. The summed E-state index contributed by atoms with van der Waals surface area (Å²) in [6, 6.07) is 6.70. The van der Waals surface area contributed by atoms with Crippen LogP contribution in [-0.2, 0) is 11.3 Å². The number of pyridine rings is 1. The van der Waals surface area contributed by atoms with E-state index in [0.29, 0.717) is 37.6 Å². The monoisotopic (exact) mass is 398 g/mol. The number of amides is 1. The first-order valence-electron chi connectivity index (χ1n) is 9.87. The highest BCUT2D eigenvalue weighted by Crippen LogP contribution is 2.38. The van der Waals surface area contributed by atoms with Crippen molar-refractivity contribution in [3.05, 3.63) is 53.0 Å². The highest BCUT2D eigenvalue weighted by Gasteiger charge is 2.40. The predicted molar refractivity (Wildman–Crippen MR) is 110 cm³/mol. The zero-order chi connectivity index (χ0) is 20.4. The van der Waals surface area contributed by atoms with Gasteiger partial charge in [-0.1, -0.05) is 17.2 Å². The molecule has 1 atom stereocenters. The Kier molecular flexibility index (Phi) is 5.29. The van der Waals surface area contributed by atoms with Gasteiger partial charge in [-0.25, -0.2) is 9.37 Å². The van der Waals surface area contributed by atoms with Crippen molar-refractivity contribution in [3.63, 3.8) is 0 Å². The van der Waals surface area contributed by atoms with E-state index in [0.717, 1.165) is 29.8 Å². The van der Waals surface area contributed by atoms with Gasteiger partial charge in [0.25, 0.3) is 11.7 Å². The second-order valence-corrected chi connectivity index (χ2v) is 7.45. The quantitative estimate of drug-likeness (QED) is 0.732. The summed E-state index contributed by atoms with van der Waals surface area (Å²) in [5, 5.41) is 8.23. The summed E-state index contributed by atoms with van der Waals surface area (Å²) in [6.07, 6.45) is 4.97. The molecule has 7 nitrogen and oxygen atoms in total. The lowest BCUT2D eigenvalue weighted by atomic mass is 10.0. The third kappa shape index (κ3) is 3.73. The SMILES string of the molecule is CC[N+]1(Cc2cccc(F)c2)N=Cc2c1ncc(C(N)=O)c2NC1CCOCC1. The zero-order valence-corrected chi connectivity index (χ0v) is 16.4. The van der Waals surface area contributed by atoms with Crippen LogP contribution in [0.5, 0.6) is 0 Å². The van der Waals surface area contributed by atoms with Crippen LogP contribution in [-0.4, -0.2) is 42.9 Å². The van der Waals surface area contributed by atoms with Crippen LogP contribution in [0.4, 0.5) is 15.9 Å². The number of carbonyl (C=O) groups is 1. The Hall–Kier alpha value is -2.84. The summed E-state index contributed by atoms with van der Waals surface area (Å²) in [7, 11) is 0. The molecule has 2 aliphatic heterocycles. The van der Waals surface area contributed by atoms with Crippen LogP contribution in [0.3, 0.4) is 0 Å². The van der Waals surface area contributed by atoms with Crippen LogP contribution in [0.15, 0.2) is 35.6 Å². The lowest BCUT2D eigenvalue weighted by Gasteiger charge is -2.28. The minimum absolute atomic E-state index is 0.189. The van der Waals surface area contributed by atoms with Gasteiger partial charge in [0.2, 0.25) is 0 Å². The van der Waals surface area contributed by atoms with Crippen molar-refractivity contribution in [3.8, 4) is 0 Å². The van der Waals surface area contributed by atoms with Gasteiger partial charge in [0.15, 0.2) is 0 Å². The van der Waals surface area contributed by atoms with Gasteiger partial charge in [-0.2, -0.15) is 0 Å². The third-order valence-electron chi connectivity index (χ3n) is 5.59. The van der Waals surface area contributed by atoms with E-state index in [9.17, 15) is 9.18 Å². The molecule has 1 unspecified atom stereocenters. The van der Waals surface area contributed by atoms with E-state index in [4.69, 9.17) is 15.6 Å². The van der Waals surface area contributed by atoms with Gasteiger partial charge >= 0.3 is 0 Å². The van der Waals surface area contributed by atoms with E-state index < -0.39 is 5.91 Å². The minimum atomic E-state index is -0.533. The number of carbonyl (C=O) groups excluding carboxylic acids is 1. The number of hydrogen-bond donors (Lipinski definition) is 2. The van der Waals surface area contributed by atoms with E-state index in [-0.39, 0.29) is 16.5 Å². The van der Waals surface area contributed by atoms with Crippen molar-refractivity contribution in [2.75, 3.05) is 25.1 Å². The fourth-order valence-electron chi connectivity index (χ4n) is 3.98. The molecular weight excluding hydrogens is 373 g/mol. The number of quaternary nitrogens is 1. The molecule has 1 amide bonds. The van der Waals surface area contributed by atoms with Crippen LogP contribution in [0.1, 0.15) is 41.3 Å². The molecule has 8 heteroatoms. The summed E-state index contributed by atoms with van der Waals surface area (Å²) in [4.78, 5) is 16.6. The topological polar surface area (TPSA) is 89.6 Å². The van der Waals surface area contributed by atoms with Gasteiger partial charge < -0.3 is 15.8 Å². The van der Waals surface area contributed by atoms with E-state index in [2.05, 4.69) is 10.3 Å². The zero-order valence-electron chi connectivity index (χ0n) is 16.4. The molecule has 4 rings (SSSR count). The van der Waals surface area contributed by atoms with E-state index >= 15 is 0 Å². The Balaban J connectivity index is 1.74. The van der Waals surface area contributed by atoms with E-state index in [1.165, 1.54) is 18.3 Å². The maximum absolute atomic E-state index is 13.7. The Morgan fingerprint density at radius 2 is 2.17 bits per heavy atom. The highest BCUT2D eigenvalue weighted by atomic mass is 19.1. The Bertz CT molecular complexity index is 958. The number of halogens is 1. The second kappa shape index (κ2) is 7.88. The van der Waals surface area contributed by atoms with Crippen LogP contribution in [0.2, 0.25) is 0 Å². The van der Waals surface area contributed by atoms with E-state index in [1.54, 1.807) is 12.3 Å². The van der Waals surface area contributed by atoms with E-state index in [1.807, 2.05) is 13.0 Å². The normalized spacial score (nSPS) is 21.2. The summed E-state index contributed by atoms with van der Waals surface area (Å²) >= 11 is 0. The van der Waals surface area contributed by atoms with Crippen molar-refractivity contribution >= 4 is 23.6 Å². The molecule has 29 heavy (non-hydrogen) atoms. The smallest absolute Gasteiger partial charge is 0.265 e.